The molecule has 344 valence electrons. The van der Waals surface area contributed by atoms with Crippen LogP contribution in [0.5, 0.6) is 23.0 Å². The molecule has 3 aliphatic rings. The van der Waals surface area contributed by atoms with Gasteiger partial charge in [-0.3, -0.25) is 19.2 Å². The molecule has 3 aromatic carbocycles. The van der Waals surface area contributed by atoms with E-state index in [4.69, 9.17) is 18.9 Å². The topological polar surface area (TPSA) is 169 Å². The number of nitrogens with zero attached hydrogens (tertiary/aromatic N) is 1. The van der Waals surface area contributed by atoms with Gasteiger partial charge in [0.25, 0.3) is 5.91 Å². The first-order valence-electron chi connectivity index (χ1n) is 22.5. The van der Waals surface area contributed by atoms with E-state index in [9.17, 15) is 19.2 Å². The minimum absolute atomic E-state index is 0.0555. The Morgan fingerprint density at radius 1 is 0.906 bits per heavy atom. The van der Waals surface area contributed by atoms with Crippen molar-refractivity contribution in [1.82, 2.24) is 15.5 Å². The van der Waals surface area contributed by atoms with Crippen molar-refractivity contribution >= 4 is 46.1 Å². The maximum atomic E-state index is 14.0. The van der Waals surface area contributed by atoms with Crippen LogP contribution in [0.25, 0.3) is 5.57 Å². The lowest BCUT2D eigenvalue weighted by Crippen LogP contribution is -2.51. The lowest BCUT2D eigenvalue weighted by Gasteiger charge is -2.22. The Bertz CT molecular complexity index is 2230. The summed E-state index contributed by atoms with van der Waals surface area (Å²) in [6, 6.07) is 13.4. The molecule has 4 unspecified atom stereocenters. The Kier molecular flexibility index (Phi) is 16.0. The van der Waals surface area contributed by atoms with E-state index in [0.29, 0.717) is 84.0 Å². The molecule has 3 amide bonds. The van der Waals surface area contributed by atoms with E-state index >= 15 is 0 Å². The summed E-state index contributed by atoms with van der Waals surface area (Å²) in [5.74, 6) is 2.43. The first-order valence-corrected chi connectivity index (χ1v) is 22.5. The molecule has 1 fully saturated rings. The number of ketones is 1. The van der Waals surface area contributed by atoms with Gasteiger partial charge >= 0.3 is 0 Å². The van der Waals surface area contributed by atoms with Crippen molar-refractivity contribution in [3.05, 3.63) is 83.1 Å². The highest BCUT2D eigenvalue weighted by atomic mass is 16.5. The Balaban J connectivity index is 1.03. The van der Waals surface area contributed by atoms with E-state index < -0.39 is 12.1 Å². The molecule has 14 nitrogen and oxygen atoms in total. The number of fused-ring (bicyclic) bond motifs is 2. The molecule has 14 heteroatoms. The Morgan fingerprint density at radius 3 is 2.19 bits per heavy atom. The number of anilines is 3. The van der Waals surface area contributed by atoms with Gasteiger partial charge in [-0.05, 0) is 107 Å². The van der Waals surface area contributed by atoms with E-state index in [-0.39, 0.29) is 35.5 Å². The van der Waals surface area contributed by atoms with Crippen LogP contribution < -0.4 is 45.5 Å². The molecule has 64 heavy (non-hydrogen) atoms. The van der Waals surface area contributed by atoms with E-state index in [1.807, 2.05) is 56.4 Å². The molecule has 0 spiro atoms. The van der Waals surface area contributed by atoms with Gasteiger partial charge in [-0.25, -0.2) is 0 Å². The minimum Gasteiger partial charge on any atom is -0.493 e. The lowest BCUT2D eigenvalue weighted by atomic mass is 9.97. The number of rotatable bonds is 22. The number of hydrogen-bond acceptors (Lipinski definition) is 11. The number of ether oxygens (including phenoxy) is 4. The molecule has 2 aliphatic heterocycles. The maximum absolute atomic E-state index is 14.0. The smallest absolute Gasteiger partial charge is 0.260 e. The fourth-order valence-corrected chi connectivity index (χ4v) is 8.37. The van der Waals surface area contributed by atoms with Crippen molar-refractivity contribution in [2.45, 2.75) is 91.8 Å². The van der Waals surface area contributed by atoms with Gasteiger partial charge in [0.15, 0.2) is 28.8 Å². The first kappa shape index (κ1) is 47.5. The van der Waals surface area contributed by atoms with Crippen LogP contribution in [0.2, 0.25) is 0 Å². The van der Waals surface area contributed by atoms with E-state index in [0.717, 1.165) is 35.7 Å². The van der Waals surface area contributed by atoms with Crippen LogP contribution in [0.4, 0.5) is 17.1 Å². The van der Waals surface area contributed by atoms with Gasteiger partial charge in [0.1, 0.15) is 6.04 Å². The average Bonchev–Trinajstić information content (AvgIpc) is 4.06. The number of hydrogen-bond donors (Lipinski definition) is 5. The molecule has 5 N–H and O–H groups in total. The van der Waals surface area contributed by atoms with Crippen molar-refractivity contribution in [1.29, 1.82) is 0 Å². The van der Waals surface area contributed by atoms with E-state index in [2.05, 4.69) is 46.5 Å². The normalized spacial score (nSPS) is 17.2. The molecule has 0 aromatic heterocycles. The summed E-state index contributed by atoms with van der Waals surface area (Å²) in [6.45, 7) is 13.4. The Hall–Kier alpha value is -6.02. The second kappa shape index (κ2) is 21.6. The van der Waals surface area contributed by atoms with E-state index in [1.54, 1.807) is 52.1 Å². The summed E-state index contributed by atoms with van der Waals surface area (Å²) in [5, 5.41) is 15.6. The van der Waals surface area contributed by atoms with Crippen LogP contribution in [0.3, 0.4) is 0 Å². The minimum atomic E-state index is -0.721. The zero-order valence-electron chi connectivity index (χ0n) is 38.8. The predicted molar refractivity (Wildman–Crippen MR) is 252 cm³/mol. The molecule has 1 saturated carbocycles. The average molecular weight is 879 g/mol. The fourth-order valence-electron chi connectivity index (χ4n) is 8.37. The maximum Gasteiger partial charge on any atom is 0.260 e. The highest BCUT2D eigenvalue weighted by molar-refractivity contribution is 6.03. The number of carbonyl (C=O) groups is 4. The predicted octanol–water partition coefficient (Wildman–Crippen LogP) is 7.92. The van der Waals surface area contributed by atoms with Gasteiger partial charge in [-0.1, -0.05) is 44.6 Å². The van der Waals surface area contributed by atoms with Gasteiger partial charge in [-0.2, -0.15) is 0 Å². The van der Waals surface area contributed by atoms with Crippen LogP contribution in [0, 0.1) is 17.8 Å². The molecule has 0 radical (unpaired) electrons. The number of methoxy groups -OCH3 is 2. The van der Waals surface area contributed by atoms with Crippen LogP contribution in [0.15, 0.2) is 66.4 Å². The van der Waals surface area contributed by atoms with Gasteiger partial charge in [0.2, 0.25) is 11.8 Å². The van der Waals surface area contributed by atoms with Gasteiger partial charge in [0.05, 0.1) is 50.8 Å². The third-order valence-corrected chi connectivity index (χ3v) is 12.2. The summed E-state index contributed by atoms with van der Waals surface area (Å²) < 4.78 is 23.7. The van der Waals surface area contributed by atoms with Crippen molar-refractivity contribution < 1.29 is 38.1 Å². The SMILES string of the molecule is C/C=C(\CC(C)CNc1cc(OCCCOc2cc3c(cc2OC)C(=O)N2C=C(c4ccc(NC(=O)C(C)NC(=O)C(NC)C(C)C)cc4)CC2CN3)c(OC)cc1C(C)=O)C1CC1. The zero-order valence-corrected chi connectivity index (χ0v) is 38.8. The summed E-state index contributed by atoms with van der Waals surface area (Å²) in [7, 11) is 4.84. The van der Waals surface area contributed by atoms with Crippen molar-refractivity contribution in [3.8, 4) is 23.0 Å². The molecule has 0 bridgehead atoms. The van der Waals surface area contributed by atoms with Crippen LogP contribution >= 0.6 is 0 Å². The number of allylic oxidation sites excluding steroid dienone is 2. The fraction of sp³-hybridized carbons (Fsp3) is 0.480. The third-order valence-electron chi connectivity index (χ3n) is 12.2. The Morgan fingerprint density at radius 2 is 1.58 bits per heavy atom. The quantitative estimate of drug-likeness (QED) is 0.0378. The number of carbonyl (C=O) groups excluding carboxylic acids is 4. The summed E-state index contributed by atoms with van der Waals surface area (Å²) >= 11 is 0. The van der Waals surface area contributed by atoms with Crippen molar-refractivity contribution in [2.75, 3.05) is 63.5 Å². The first-order chi connectivity index (χ1) is 30.7. The highest BCUT2D eigenvalue weighted by Gasteiger charge is 2.35. The molecule has 2 heterocycles. The van der Waals surface area contributed by atoms with Gasteiger partial charge in [-0.15, -0.1) is 0 Å². The number of amides is 3. The Labute approximate surface area is 377 Å². The largest absolute Gasteiger partial charge is 0.493 e. The molecular formula is C50H66N6O8. The molecule has 3 aromatic rings. The molecular weight excluding hydrogens is 813 g/mol. The van der Waals surface area contributed by atoms with Crippen LogP contribution in [0.1, 0.15) is 99.9 Å². The number of likely N-dealkylation sites (N-methyl/N-ethyl adjacent to an activating group) is 1. The van der Waals surface area contributed by atoms with Crippen LogP contribution in [-0.4, -0.2) is 94.1 Å². The molecule has 1 aliphatic carbocycles. The van der Waals surface area contributed by atoms with E-state index in [1.165, 1.54) is 18.4 Å². The van der Waals surface area contributed by atoms with Crippen molar-refractivity contribution in [2.24, 2.45) is 17.8 Å². The standard InChI is InChI=1S/C50H66N6O8/c1-10-33(34-12-13-34)20-30(4)26-52-41-24-45(43(61-8)22-39(41)32(6)57)63-18-11-19-64-46-25-42-40(23-44(46)62-9)50(60)56-28-36(21-38(56)27-53-42)35-14-16-37(17-15-35)55-48(58)31(5)54-49(59)47(51-7)29(2)3/h10,14-17,22-25,28-31,34,38,47,51-53H,11-13,18-21,26-27H2,1-9H3,(H,54,59)(H,55,58)/b33-10+. The second-order valence-electron chi connectivity index (χ2n) is 17.4. The zero-order chi connectivity index (χ0) is 46.1. The van der Waals surface area contributed by atoms with Crippen molar-refractivity contribution in [3.63, 3.8) is 0 Å². The van der Waals surface area contributed by atoms with Crippen LogP contribution in [-0.2, 0) is 9.59 Å². The summed E-state index contributed by atoms with van der Waals surface area (Å²) in [5.41, 5.74) is 6.49. The molecule has 6 rings (SSSR count). The number of Topliss-reactive ketones (excluding diaryl/α,β-unsaturated/α-hetero) is 1. The molecule has 4 atom stereocenters. The third kappa shape index (κ3) is 11.6. The van der Waals surface area contributed by atoms with Gasteiger partial charge < -0.3 is 50.4 Å². The number of benzene rings is 3. The highest BCUT2D eigenvalue weighted by Crippen LogP contribution is 2.41. The molecule has 0 saturated heterocycles. The van der Waals surface area contributed by atoms with Gasteiger partial charge in [0, 0.05) is 54.8 Å². The lowest BCUT2D eigenvalue weighted by molar-refractivity contribution is -0.128. The summed E-state index contributed by atoms with van der Waals surface area (Å²) in [6.07, 6.45) is 8.93. The number of nitrogens with one attached hydrogen (secondary N) is 5. The second-order valence-corrected chi connectivity index (χ2v) is 17.4. The summed E-state index contributed by atoms with van der Waals surface area (Å²) in [4.78, 5) is 53.9. The monoisotopic (exact) mass is 878 g/mol.